The molecule has 0 unspecified atom stereocenters. The van der Waals surface area contributed by atoms with E-state index in [1.807, 2.05) is 6.92 Å². The largest absolute Gasteiger partial charge is 0.451 e. The van der Waals surface area contributed by atoms with Gasteiger partial charge in [-0.3, -0.25) is 9.59 Å². The molecule has 0 bridgehead atoms. The molecule has 3 aromatic rings. The molecule has 1 aromatic carbocycles. The molecular formula is C24H27N5O3. The van der Waals surface area contributed by atoms with Crippen LogP contribution in [0.25, 0.3) is 11.0 Å². The summed E-state index contributed by atoms with van der Waals surface area (Å²) in [5.41, 5.74) is 1.18. The highest BCUT2D eigenvalue weighted by atomic mass is 16.3. The number of benzene rings is 1. The van der Waals surface area contributed by atoms with Crippen LogP contribution in [0.1, 0.15) is 35.5 Å². The Bertz CT molecular complexity index is 1190. The number of fused-ring (bicyclic) bond motifs is 1. The maximum absolute atomic E-state index is 13.0. The van der Waals surface area contributed by atoms with Crippen molar-refractivity contribution < 1.29 is 9.21 Å². The van der Waals surface area contributed by atoms with E-state index >= 15 is 0 Å². The zero-order chi connectivity index (χ0) is 22.1. The number of hydrogen-bond acceptors (Lipinski definition) is 7. The minimum Gasteiger partial charge on any atom is -0.451 e. The Morgan fingerprint density at radius 3 is 2.44 bits per heavy atom. The number of anilines is 2. The molecule has 2 saturated heterocycles. The number of nitrogens with zero attached hydrogens (tertiary/aromatic N) is 5. The predicted molar refractivity (Wildman–Crippen MR) is 123 cm³/mol. The van der Waals surface area contributed by atoms with Gasteiger partial charge in [0.1, 0.15) is 11.4 Å². The van der Waals surface area contributed by atoms with Gasteiger partial charge in [-0.25, -0.2) is 4.98 Å². The zero-order valence-corrected chi connectivity index (χ0v) is 18.3. The van der Waals surface area contributed by atoms with E-state index in [1.54, 1.807) is 29.2 Å². The monoisotopic (exact) mass is 433 g/mol. The second-order valence-electron chi connectivity index (χ2n) is 8.47. The van der Waals surface area contributed by atoms with E-state index in [4.69, 9.17) is 9.40 Å². The third-order valence-corrected chi connectivity index (χ3v) is 6.20. The van der Waals surface area contributed by atoms with E-state index < -0.39 is 0 Å². The van der Waals surface area contributed by atoms with Gasteiger partial charge >= 0.3 is 0 Å². The van der Waals surface area contributed by atoms with E-state index in [-0.39, 0.29) is 17.1 Å². The zero-order valence-electron chi connectivity index (χ0n) is 18.3. The first-order valence-electron chi connectivity index (χ1n) is 11.3. The first-order valence-corrected chi connectivity index (χ1v) is 11.3. The van der Waals surface area contributed by atoms with Crippen molar-refractivity contribution in [3.05, 3.63) is 58.1 Å². The Kier molecular flexibility index (Phi) is 5.51. The Hall–Kier alpha value is -3.42. The van der Waals surface area contributed by atoms with Gasteiger partial charge in [-0.15, -0.1) is 0 Å². The number of rotatable bonds is 3. The van der Waals surface area contributed by atoms with Gasteiger partial charge < -0.3 is 19.1 Å². The summed E-state index contributed by atoms with van der Waals surface area (Å²) in [4.78, 5) is 41.0. The molecule has 8 heteroatoms. The lowest BCUT2D eigenvalue weighted by Crippen LogP contribution is -2.49. The average molecular weight is 434 g/mol. The van der Waals surface area contributed by atoms with Crippen LogP contribution in [0.5, 0.6) is 0 Å². The SMILES string of the molecule is Cc1cc(N2CCCCC2)nc(N2CCN(C(=O)c3cc(=O)c4ccccc4o3)CC2)n1. The van der Waals surface area contributed by atoms with Gasteiger partial charge in [0.2, 0.25) is 5.95 Å². The maximum atomic E-state index is 13.0. The quantitative estimate of drug-likeness (QED) is 0.628. The van der Waals surface area contributed by atoms with Crippen LogP contribution in [0.4, 0.5) is 11.8 Å². The second-order valence-corrected chi connectivity index (χ2v) is 8.47. The lowest BCUT2D eigenvalue weighted by Gasteiger charge is -2.35. The minimum absolute atomic E-state index is 0.0846. The smallest absolute Gasteiger partial charge is 0.289 e. The number of carbonyl (C=O) groups is 1. The van der Waals surface area contributed by atoms with Crippen molar-refractivity contribution in [1.29, 1.82) is 0 Å². The molecule has 166 valence electrons. The third kappa shape index (κ3) is 4.04. The summed E-state index contributed by atoms with van der Waals surface area (Å²) < 4.78 is 5.73. The fourth-order valence-electron chi connectivity index (χ4n) is 4.44. The van der Waals surface area contributed by atoms with Crippen molar-refractivity contribution in [3.8, 4) is 0 Å². The molecule has 0 saturated carbocycles. The van der Waals surface area contributed by atoms with Crippen molar-refractivity contribution in [2.24, 2.45) is 0 Å². The highest BCUT2D eigenvalue weighted by Crippen LogP contribution is 2.22. The summed E-state index contributed by atoms with van der Waals surface area (Å²) in [6.45, 7) is 6.38. The first kappa shape index (κ1) is 20.5. The van der Waals surface area contributed by atoms with Crippen LogP contribution in [0.2, 0.25) is 0 Å². The number of piperidine rings is 1. The highest BCUT2D eigenvalue weighted by Gasteiger charge is 2.26. The summed E-state index contributed by atoms with van der Waals surface area (Å²) in [5.74, 6) is 1.53. The molecule has 1 amide bonds. The van der Waals surface area contributed by atoms with Crippen molar-refractivity contribution in [1.82, 2.24) is 14.9 Å². The second kappa shape index (κ2) is 8.61. The molecule has 0 aliphatic carbocycles. The van der Waals surface area contributed by atoms with Crippen LogP contribution in [0.15, 0.2) is 45.6 Å². The average Bonchev–Trinajstić information content (AvgIpc) is 2.84. The van der Waals surface area contributed by atoms with Gasteiger partial charge in [0.15, 0.2) is 11.2 Å². The lowest BCUT2D eigenvalue weighted by molar-refractivity contribution is 0.0714. The van der Waals surface area contributed by atoms with E-state index in [9.17, 15) is 9.59 Å². The van der Waals surface area contributed by atoms with E-state index in [1.165, 1.54) is 25.3 Å². The van der Waals surface area contributed by atoms with Crippen LogP contribution in [0.3, 0.4) is 0 Å². The molecular weight excluding hydrogens is 406 g/mol. The maximum Gasteiger partial charge on any atom is 0.289 e. The fourth-order valence-corrected chi connectivity index (χ4v) is 4.44. The number of piperazine rings is 1. The van der Waals surface area contributed by atoms with Gasteiger partial charge in [0.25, 0.3) is 5.91 Å². The van der Waals surface area contributed by atoms with Gasteiger partial charge in [-0.1, -0.05) is 12.1 Å². The fraction of sp³-hybridized carbons (Fsp3) is 0.417. The molecule has 2 aliphatic heterocycles. The molecule has 32 heavy (non-hydrogen) atoms. The highest BCUT2D eigenvalue weighted by molar-refractivity contribution is 5.93. The van der Waals surface area contributed by atoms with Crippen LogP contribution >= 0.6 is 0 Å². The van der Waals surface area contributed by atoms with Crippen LogP contribution < -0.4 is 15.2 Å². The Morgan fingerprint density at radius 2 is 1.66 bits per heavy atom. The normalized spacial score (nSPS) is 17.1. The van der Waals surface area contributed by atoms with Gasteiger partial charge in [0.05, 0.1) is 5.39 Å². The minimum atomic E-state index is -0.258. The summed E-state index contributed by atoms with van der Waals surface area (Å²) >= 11 is 0. The van der Waals surface area contributed by atoms with E-state index in [0.29, 0.717) is 37.1 Å². The first-order chi connectivity index (χ1) is 15.6. The van der Waals surface area contributed by atoms with E-state index in [2.05, 4.69) is 20.9 Å². The van der Waals surface area contributed by atoms with Crippen LogP contribution in [0, 0.1) is 6.92 Å². The van der Waals surface area contributed by atoms with Gasteiger partial charge in [0, 0.05) is 57.1 Å². The number of aryl methyl sites for hydroxylation is 1. The molecule has 2 aromatic heterocycles. The molecule has 0 spiro atoms. The molecule has 8 nitrogen and oxygen atoms in total. The van der Waals surface area contributed by atoms with Crippen molar-refractivity contribution in [2.75, 3.05) is 49.1 Å². The van der Waals surface area contributed by atoms with Crippen LogP contribution in [-0.4, -0.2) is 60.0 Å². The summed E-state index contributed by atoms with van der Waals surface area (Å²) in [7, 11) is 0. The molecule has 2 aliphatic rings. The summed E-state index contributed by atoms with van der Waals surface area (Å²) in [6, 6.07) is 10.3. The predicted octanol–water partition coefficient (Wildman–Crippen LogP) is 2.84. The number of hydrogen-bond donors (Lipinski definition) is 0. The molecule has 4 heterocycles. The number of carbonyl (C=O) groups excluding carboxylic acids is 1. The third-order valence-electron chi connectivity index (χ3n) is 6.20. The van der Waals surface area contributed by atoms with Crippen molar-refractivity contribution >= 4 is 28.6 Å². The Morgan fingerprint density at radius 1 is 0.906 bits per heavy atom. The molecule has 2 fully saturated rings. The number of amides is 1. The lowest BCUT2D eigenvalue weighted by atomic mass is 10.1. The molecule has 0 radical (unpaired) electrons. The molecule has 5 rings (SSSR count). The summed E-state index contributed by atoms with van der Waals surface area (Å²) in [5, 5.41) is 0.481. The topological polar surface area (TPSA) is 82.8 Å². The van der Waals surface area contributed by atoms with Gasteiger partial charge in [-0.05, 0) is 38.3 Å². The standard InChI is InChI=1S/C24H27N5O3/c1-17-15-22(27-9-5-2-6-10-27)26-24(25-17)29-13-11-28(12-14-29)23(31)21-16-19(30)18-7-3-4-8-20(18)32-21/h3-4,7-8,15-16H,2,5-6,9-14H2,1H3. The van der Waals surface area contributed by atoms with Gasteiger partial charge in [-0.2, -0.15) is 4.98 Å². The summed E-state index contributed by atoms with van der Waals surface area (Å²) in [6.07, 6.45) is 3.68. The van der Waals surface area contributed by atoms with E-state index in [0.717, 1.165) is 30.5 Å². The molecule has 0 N–H and O–H groups in total. The van der Waals surface area contributed by atoms with Crippen molar-refractivity contribution in [3.63, 3.8) is 0 Å². The number of aromatic nitrogens is 2. The molecule has 0 atom stereocenters. The van der Waals surface area contributed by atoms with Crippen molar-refractivity contribution in [2.45, 2.75) is 26.2 Å². The number of para-hydroxylation sites is 1. The Labute approximate surface area is 186 Å². The Balaban J connectivity index is 1.30. The van der Waals surface area contributed by atoms with Crippen LogP contribution in [-0.2, 0) is 0 Å².